The fourth-order valence-electron chi connectivity index (χ4n) is 1.77. The van der Waals surface area contributed by atoms with E-state index in [1.165, 1.54) is 36.8 Å². The van der Waals surface area contributed by atoms with E-state index < -0.39 is 16.0 Å². The van der Waals surface area contributed by atoms with Crippen LogP contribution >= 0.6 is 0 Å². The molecule has 6 N–H and O–H groups in total. The van der Waals surface area contributed by atoms with Crippen LogP contribution in [0.25, 0.3) is 0 Å². The molecule has 24 heavy (non-hydrogen) atoms. The van der Waals surface area contributed by atoms with Crippen LogP contribution in [-0.2, 0) is 10.0 Å². The second-order valence-corrected chi connectivity index (χ2v) is 6.35. The van der Waals surface area contributed by atoms with Gasteiger partial charge in [-0.25, -0.2) is 0 Å². The first-order valence-electron chi connectivity index (χ1n) is 6.77. The molecular weight excluding hydrogens is 330 g/mol. The maximum absolute atomic E-state index is 11.9. The van der Waals surface area contributed by atoms with Crippen molar-refractivity contribution in [1.82, 2.24) is 4.98 Å². The van der Waals surface area contributed by atoms with Crippen molar-refractivity contribution in [3.63, 3.8) is 0 Å². The predicted octanol–water partition coefficient (Wildman–Crippen LogP) is -1.07. The first-order chi connectivity index (χ1) is 11.4. The zero-order chi connectivity index (χ0) is 17.6. The van der Waals surface area contributed by atoms with E-state index in [9.17, 15) is 13.2 Å². The summed E-state index contributed by atoms with van der Waals surface area (Å²) in [6, 6.07) is 9.07. The number of ketones is 1. The number of hydrogen-bond donors (Lipinski definition) is 4. The van der Waals surface area contributed by atoms with E-state index >= 15 is 0 Å². The van der Waals surface area contributed by atoms with Crippen molar-refractivity contribution in [2.45, 2.75) is 4.90 Å². The lowest BCUT2D eigenvalue weighted by Crippen LogP contribution is -2.80. The monoisotopic (exact) mass is 346 g/mol. The van der Waals surface area contributed by atoms with Crippen molar-refractivity contribution in [3.8, 4) is 0 Å². The van der Waals surface area contributed by atoms with Crippen molar-refractivity contribution in [3.05, 3.63) is 66.6 Å². The van der Waals surface area contributed by atoms with Gasteiger partial charge in [-0.15, -0.1) is 0 Å². The van der Waals surface area contributed by atoms with Crippen molar-refractivity contribution in [2.75, 3.05) is 5.32 Å². The van der Waals surface area contributed by atoms with E-state index in [0.29, 0.717) is 11.3 Å². The minimum atomic E-state index is -3.79. The van der Waals surface area contributed by atoms with E-state index in [1.54, 1.807) is 24.3 Å². The van der Waals surface area contributed by atoms with Crippen LogP contribution in [0.15, 0.2) is 66.0 Å². The highest BCUT2D eigenvalue weighted by Gasteiger charge is 2.14. The molecule has 0 amide bonds. The van der Waals surface area contributed by atoms with Gasteiger partial charge in [0.2, 0.25) is 0 Å². The largest absolute Gasteiger partial charge is 0.362 e. The smallest absolute Gasteiger partial charge is 0.353 e. The predicted molar refractivity (Wildman–Crippen MR) is 89.3 cm³/mol. The molecule has 0 saturated carbocycles. The summed E-state index contributed by atoms with van der Waals surface area (Å²) in [6.45, 7) is 0. The Morgan fingerprint density at radius 2 is 1.71 bits per heavy atom. The summed E-state index contributed by atoms with van der Waals surface area (Å²) >= 11 is 0. The molecule has 1 aromatic heterocycles. The van der Waals surface area contributed by atoms with Gasteiger partial charge in [-0.1, -0.05) is 0 Å². The van der Waals surface area contributed by atoms with Crippen LogP contribution in [0, 0.1) is 0 Å². The minimum absolute atomic E-state index is 0.0123. The van der Waals surface area contributed by atoms with Gasteiger partial charge >= 0.3 is 16.0 Å². The van der Waals surface area contributed by atoms with E-state index in [0.717, 1.165) is 0 Å². The van der Waals surface area contributed by atoms with Crippen LogP contribution < -0.4 is 21.2 Å². The third-order valence-electron chi connectivity index (χ3n) is 2.87. The molecule has 0 aliphatic carbocycles. The molecule has 0 atom stereocenters. The van der Waals surface area contributed by atoms with E-state index in [4.69, 9.17) is 11.5 Å². The molecule has 0 spiro atoms. The topological polar surface area (TPSA) is 142 Å². The zero-order valence-electron chi connectivity index (χ0n) is 12.5. The van der Waals surface area contributed by atoms with Crippen LogP contribution in [0.1, 0.15) is 10.4 Å². The normalized spacial score (nSPS) is 11.2. The molecule has 8 nitrogen and oxygen atoms in total. The number of anilines is 1. The van der Waals surface area contributed by atoms with Crippen LogP contribution in [-0.4, -0.2) is 25.1 Å². The molecule has 1 heterocycles. The summed E-state index contributed by atoms with van der Waals surface area (Å²) < 4.78 is 25.7. The lowest BCUT2D eigenvalue weighted by atomic mass is 10.2. The van der Waals surface area contributed by atoms with Crippen LogP contribution in [0.3, 0.4) is 0 Å². The summed E-state index contributed by atoms with van der Waals surface area (Å²) in [5.41, 5.74) is 11.4. The van der Waals surface area contributed by atoms with Crippen LogP contribution in [0.4, 0.5) is 5.69 Å². The molecule has 0 aliphatic rings. The Morgan fingerprint density at radius 3 is 2.29 bits per heavy atom. The third kappa shape index (κ3) is 4.65. The zero-order valence-corrected chi connectivity index (χ0v) is 13.3. The first kappa shape index (κ1) is 17.2. The molecular formula is C15H16N5O3S+. The van der Waals surface area contributed by atoms with Crippen LogP contribution in [0.2, 0.25) is 0 Å². The number of nitrogens with one attached hydrogen (secondary N) is 2. The average molecular weight is 346 g/mol. The number of carbonyl (C=O) groups excluding carboxylic acids is 1. The average Bonchev–Trinajstić information content (AvgIpc) is 2.55. The van der Waals surface area contributed by atoms with E-state index in [-0.39, 0.29) is 10.7 Å². The molecule has 1 aromatic carbocycles. The van der Waals surface area contributed by atoms with E-state index in [1.807, 2.05) is 4.40 Å². The molecule has 0 aliphatic heterocycles. The Balaban J connectivity index is 2.04. The summed E-state index contributed by atoms with van der Waals surface area (Å²) in [6.07, 6.45) is 5.91. The molecule has 0 fully saturated rings. The van der Waals surface area contributed by atoms with Crippen molar-refractivity contribution in [2.24, 2.45) is 11.5 Å². The second-order valence-electron chi connectivity index (χ2n) is 4.66. The number of aromatic nitrogens is 1. The van der Waals surface area contributed by atoms with Gasteiger partial charge in [0.15, 0.2) is 5.78 Å². The van der Waals surface area contributed by atoms with E-state index in [2.05, 4.69) is 10.3 Å². The molecule has 2 aromatic rings. The van der Waals surface area contributed by atoms with Gasteiger partial charge in [-0.05, 0) is 36.4 Å². The standard InChI is InChI=1S/C15H15N5O3S/c16-15(17)20-24(22,23)13-3-1-12(2-4-13)19-10-7-14(21)11-5-8-18-9-6-11/h1-10,19H,(H4,16,17,20)/p+1. The quantitative estimate of drug-likeness (QED) is 0.226. The Kier molecular flexibility index (Phi) is 5.27. The van der Waals surface area contributed by atoms with Crippen molar-refractivity contribution < 1.29 is 17.6 Å². The number of sulfonamides is 1. The molecule has 0 radical (unpaired) electrons. The highest BCUT2D eigenvalue weighted by atomic mass is 32.2. The van der Waals surface area contributed by atoms with Crippen molar-refractivity contribution in [1.29, 1.82) is 0 Å². The molecule has 0 bridgehead atoms. The first-order valence-corrected chi connectivity index (χ1v) is 8.25. The summed E-state index contributed by atoms with van der Waals surface area (Å²) in [5.74, 6) is -0.586. The number of nitrogens with zero attached hydrogens (tertiary/aromatic N) is 1. The fourth-order valence-corrected chi connectivity index (χ4v) is 2.69. The number of rotatable bonds is 6. The Labute approximate surface area is 139 Å². The lowest BCUT2D eigenvalue weighted by molar-refractivity contribution is -0.270. The maximum atomic E-state index is 11.9. The third-order valence-corrected chi connectivity index (χ3v) is 4.26. The van der Waals surface area contributed by atoms with Crippen LogP contribution in [0.5, 0.6) is 0 Å². The number of pyridine rings is 1. The highest BCUT2D eigenvalue weighted by Crippen LogP contribution is 2.12. The van der Waals surface area contributed by atoms with Gasteiger partial charge in [0.1, 0.15) is 4.90 Å². The van der Waals surface area contributed by atoms with Gasteiger partial charge in [-0.3, -0.25) is 21.2 Å². The Morgan fingerprint density at radius 1 is 1.08 bits per heavy atom. The number of hydrogen-bond acceptors (Lipinski definition) is 5. The minimum Gasteiger partial charge on any atom is -0.362 e. The summed E-state index contributed by atoms with van der Waals surface area (Å²) in [5, 5.41) is 2.88. The number of benzene rings is 1. The Hall–Kier alpha value is -3.20. The van der Waals surface area contributed by atoms with Crippen molar-refractivity contribution >= 4 is 27.5 Å². The number of guanidine groups is 1. The highest BCUT2D eigenvalue weighted by molar-refractivity contribution is 7.84. The molecule has 0 saturated heterocycles. The lowest BCUT2D eigenvalue weighted by Gasteiger charge is -2.02. The maximum Gasteiger partial charge on any atom is 0.353 e. The summed E-state index contributed by atoms with van der Waals surface area (Å²) in [4.78, 5) is 15.7. The number of nitrogens with two attached hydrogens (primary N) is 2. The number of carbonyl (C=O) groups is 1. The van der Waals surface area contributed by atoms with Gasteiger partial charge in [0.25, 0.3) is 0 Å². The number of allylic oxidation sites excluding steroid dienone is 1. The van der Waals surface area contributed by atoms with Gasteiger partial charge < -0.3 is 5.32 Å². The molecule has 124 valence electrons. The second kappa shape index (κ2) is 7.38. The Bertz CT molecular complexity index is 871. The van der Waals surface area contributed by atoms with Gasteiger partial charge in [0, 0.05) is 35.9 Å². The summed E-state index contributed by atoms with van der Waals surface area (Å²) in [7, 11) is -3.79. The van der Waals surface area contributed by atoms with Gasteiger partial charge in [0.05, 0.1) is 0 Å². The molecule has 0 unspecified atom stereocenters. The van der Waals surface area contributed by atoms with Gasteiger partial charge in [-0.2, -0.15) is 12.8 Å². The molecule has 2 rings (SSSR count). The SMILES string of the molecule is NC(N)=[NH+]S(=O)(=O)c1ccc(NC=CC(=O)c2ccncc2)cc1. The molecule has 9 heteroatoms. The fraction of sp³-hybridized carbons (Fsp3) is 0.